The first-order chi connectivity index (χ1) is 10.3. The van der Waals surface area contributed by atoms with Gasteiger partial charge in [-0.1, -0.05) is 24.8 Å². The van der Waals surface area contributed by atoms with Gasteiger partial charge in [0.15, 0.2) is 0 Å². The molecule has 0 spiro atoms. The van der Waals surface area contributed by atoms with Crippen molar-refractivity contribution in [3.63, 3.8) is 0 Å². The highest BCUT2D eigenvalue weighted by molar-refractivity contribution is 7.93. The molecule has 1 amide bonds. The number of nitrogens with one attached hydrogen (secondary N) is 1. The Balaban J connectivity index is 2.45. The van der Waals surface area contributed by atoms with Gasteiger partial charge >= 0.3 is 0 Å². The Morgan fingerprint density at radius 3 is 2.68 bits per heavy atom. The summed E-state index contributed by atoms with van der Waals surface area (Å²) < 4.78 is 25.4. The fourth-order valence-corrected chi connectivity index (χ4v) is 4.00. The van der Waals surface area contributed by atoms with Gasteiger partial charge in [0, 0.05) is 12.2 Å². The lowest BCUT2D eigenvalue weighted by Crippen LogP contribution is -2.26. The topological polar surface area (TPSA) is 66.5 Å². The molecule has 1 aliphatic rings. The predicted molar refractivity (Wildman–Crippen MR) is 88.7 cm³/mol. The molecular formula is C15H17ClN2O3S. The first kappa shape index (κ1) is 16.6. The SMILES string of the molecule is C=CC(=C)NC(=O)c1cc(N2CCCS2(=O)=O)cc(C)c1Cl. The quantitative estimate of drug-likeness (QED) is 0.857. The number of rotatable bonds is 4. The number of hydrogen-bond donors (Lipinski definition) is 1. The summed E-state index contributed by atoms with van der Waals surface area (Å²) in [6.07, 6.45) is 1.98. The Bertz CT molecular complexity index is 756. The van der Waals surface area contributed by atoms with Crippen molar-refractivity contribution in [1.29, 1.82) is 0 Å². The van der Waals surface area contributed by atoms with Crippen LogP contribution in [0, 0.1) is 6.92 Å². The molecule has 7 heteroatoms. The van der Waals surface area contributed by atoms with Crippen LogP contribution in [0.4, 0.5) is 5.69 Å². The van der Waals surface area contributed by atoms with E-state index in [1.807, 2.05) is 0 Å². The molecule has 0 bridgehead atoms. The molecule has 2 rings (SSSR count). The molecule has 1 fully saturated rings. The average Bonchev–Trinajstić information content (AvgIpc) is 2.80. The summed E-state index contributed by atoms with van der Waals surface area (Å²) in [5, 5.41) is 2.84. The summed E-state index contributed by atoms with van der Waals surface area (Å²) in [6, 6.07) is 3.16. The summed E-state index contributed by atoms with van der Waals surface area (Å²) in [6.45, 7) is 9.26. The highest BCUT2D eigenvalue weighted by Gasteiger charge is 2.29. The van der Waals surface area contributed by atoms with E-state index < -0.39 is 15.9 Å². The first-order valence-electron chi connectivity index (χ1n) is 6.69. The number of carbonyl (C=O) groups is 1. The van der Waals surface area contributed by atoms with Gasteiger partial charge in [-0.3, -0.25) is 9.10 Å². The number of benzene rings is 1. The maximum atomic E-state index is 12.2. The van der Waals surface area contributed by atoms with E-state index in [9.17, 15) is 13.2 Å². The second-order valence-corrected chi connectivity index (χ2v) is 7.44. The minimum absolute atomic E-state index is 0.115. The highest BCUT2D eigenvalue weighted by Crippen LogP contribution is 2.31. The molecular weight excluding hydrogens is 324 g/mol. The maximum absolute atomic E-state index is 12.2. The molecule has 0 atom stereocenters. The number of anilines is 1. The van der Waals surface area contributed by atoms with Crippen molar-refractivity contribution in [2.45, 2.75) is 13.3 Å². The fourth-order valence-electron chi connectivity index (χ4n) is 2.25. The summed E-state index contributed by atoms with van der Waals surface area (Å²) in [7, 11) is -3.32. The number of amides is 1. The van der Waals surface area contributed by atoms with Gasteiger partial charge < -0.3 is 5.32 Å². The molecule has 5 nitrogen and oxygen atoms in total. The van der Waals surface area contributed by atoms with Crippen molar-refractivity contribution >= 4 is 33.2 Å². The van der Waals surface area contributed by atoms with Crippen molar-refractivity contribution < 1.29 is 13.2 Å². The molecule has 0 radical (unpaired) electrons. The molecule has 0 aromatic heterocycles. The zero-order valence-electron chi connectivity index (χ0n) is 12.2. The molecule has 0 aliphatic carbocycles. The number of carbonyl (C=O) groups excluding carboxylic acids is 1. The third kappa shape index (κ3) is 3.18. The van der Waals surface area contributed by atoms with E-state index in [-0.39, 0.29) is 16.3 Å². The number of aryl methyl sites for hydroxylation is 1. The standard InChI is InChI=1S/C15H17ClN2O3S/c1-4-11(3)17-15(19)13-9-12(8-10(2)14(13)16)18-6-5-7-22(18,20)21/h4,8-9H,1,3,5-7H2,2H3,(H,17,19). The smallest absolute Gasteiger partial charge is 0.257 e. The first-order valence-corrected chi connectivity index (χ1v) is 8.68. The largest absolute Gasteiger partial charge is 0.323 e. The van der Waals surface area contributed by atoms with Crippen LogP contribution in [0.5, 0.6) is 0 Å². The Morgan fingerprint density at radius 2 is 2.14 bits per heavy atom. The van der Waals surface area contributed by atoms with Gasteiger partial charge in [-0.25, -0.2) is 8.42 Å². The van der Waals surface area contributed by atoms with Crippen molar-refractivity contribution in [2.75, 3.05) is 16.6 Å². The molecule has 0 saturated carbocycles. The van der Waals surface area contributed by atoms with Gasteiger partial charge in [0.05, 0.1) is 22.0 Å². The van der Waals surface area contributed by atoms with E-state index in [4.69, 9.17) is 11.6 Å². The normalized spacial score (nSPS) is 16.4. The summed E-state index contributed by atoms with van der Waals surface area (Å²) in [5.41, 5.74) is 1.64. The molecule has 1 aromatic carbocycles. The zero-order chi connectivity index (χ0) is 16.5. The Morgan fingerprint density at radius 1 is 1.45 bits per heavy atom. The van der Waals surface area contributed by atoms with Crippen molar-refractivity contribution in [3.8, 4) is 0 Å². The monoisotopic (exact) mass is 340 g/mol. The average molecular weight is 341 g/mol. The summed E-state index contributed by atoms with van der Waals surface area (Å²) >= 11 is 6.18. The van der Waals surface area contributed by atoms with Crippen LogP contribution in [0.1, 0.15) is 22.3 Å². The van der Waals surface area contributed by atoms with Crippen molar-refractivity contribution in [1.82, 2.24) is 5.32 Å². The molecule has 1 saturated heterocycles. The van der Waals surface area contributed by atoms with Gasteiger partial charge in [-0.2, -0.15) is 0 Å². The number of nitrogens with zero attached hydrogens (tertiary/aromatic N) is 1. The van der Waals surface area contributed by atoms with E-state index in [1.165, 1.54) is 16.4 Å². The van der Waals surface area contributed by atoms with Crippen LogP contribution >= 0.6 is 11.6 Å². The summed E-state index contributed by atoms with van der Waals surface area (Å²) in [4.78, 5) is 12.2. The second kappa shape index (κ2) is 6.14. The van der Waals surface area contributed by atoms with Crippen molar-refractivity contribution in [2.24, 2.45) is 0 Å². The second-order valence-electron chi connectivity index (χ2n) is 5.05. The van der Waals surface area contributed by atoms with Crippen molar-refractivity contribution in [3.05, 3.63) is 53.2 Å². The van der Waals surface area contributed by atoms with Crippen LogP contribution in [0.15, 0.2) is 37.1 Å². The molecule has 1 aliphatic heterocycles. The molecule has 0 unspecified atom stereocenters. The third-order valence-electron chi connectivity index (χ3n) is 3.39. The van der Waals surface area contributed by atoms with Gasteiger partial charge in [0.1, 0.15) is 0 Å². The molecule has 22 heavy (non-hydrogen) atoms. The van der Waals surface area contributed by atoms with Gasteiger partial charge in [-0.05, 0) is 37.1 Å². The zero-order valence-corrected chi connectivity index (χ0v) is 13.8. The third-order valence-corrected chi connectivity index (χ3v) is 5.76. The van der Waals surface area contributed by atoms with Gasteiger partial charge in [0.2, 0.25) is 10.0 Å². The van der Waals surface area contributed by atoms with E-state index >= 15 is 0 Å². The lowest BCUT2D eigenvalue weighted by atomic mass is 10.1. The van der Waals surface area contributed by atoms with E-state index in [2.05, 4.69) is 18.5 Å². The van der Waals surface area contributed by atoms with E-state index in [0.717, 1.165) is 0 Å². The summed E-state index contributed by atoms with van der Waals surface area (Å²) in [5.74, 6) is -0.333. The lowest BCUT2D eigenvalue weighted by molar-refractivity contribution is 0.0967. The number of hydrogen-bond acceptors (Lipinski definition) is 3. The Labute approximate surface area is 135 Å². The molecule has 118 valence electrons. The maximum Gasteiger partial charge on any atom is 0.257 e. The molecule has 1 N–H and O–H groups in total. The number of allylic oxidation sites excluding steroid dienone is 1. The Kier molecular flexibility index (Phi) is 4.63. The predicted octanol–water partition coefficient (Wildman–Crippen LogP) is 2.62. The van der Waals surface area contributed by atoms with Crippen LogP contribution in [0.2, 0.25) is 5.02 Å². The van der Waals surface area contributed by atoms with E-state index in [0.29, 0.717) is 29.9 Å². The highest BCUT2D eigenvalue weighted by atomic mass is 35.5. The van der Waals surface area contributed by atoms with Crippen LogP contribution in [-0.4, -0.2) is 26.6 Å². The van der Waals surface area contributed by atoms with E-state index in [1.54, 1.807) is 13.0 Å². The van der Waals surface area contributed by atoms with Crippen LogP contribution in [0.3, 0.4) is 0 Å². The van der Waals surface area contributed by atoms with Crippen LogP contribution < -0.4 is 9.62 Å². The number of sulfonamides is 1. The van der Waals surface area contributed by atoms with Gasteiger partial charge in [0.25, 0.3) is 5.91 Å². The number of halogens is 1. The Hall–Kier alpha value is -1.79. The lowest BCUT2D eigenvalue weighted by Gasteiger charge is -2.19. The minimum atomic E-state index is -3.32. The molecule has 1 aromatic rings. The molecule has 1 heterocycles. The van der Waals surface area contributed by atoms with Crippen LogP contribution in [-0.2, 0) is 10.0 Å². The fraction of sp³-hybridized carbons (Fsp3) is 0.267. The minimum Gasteiger partial charge on any atom is -0.323 e. The van der Waals surface area contributed by atoms with Gasteiger partial charge in [-0.15, -0.1) is 0 Å². The van der Waals surface area contributed by atoms with Crippen LogP contribution in [0.25, 0.3) is 0 Å².